The maximum absolute atomic E-state index is 10.9. The van der Waals surface area contributed by atoms with Crippen molar-refractivity contribution in [1.29, 1.82) is 0 Å². The third-order valence-corrected chi connectivity index (χ3v) is 3.44. The molecule has 0 bridgehead atoms. The molecule has 0 spiro atoms. The first kappa shape index (κ1) is 12.7. The molecule has 1 heterocycles. The topological polar surface area (TPSA) is 75.8 Å². The lowest BCUT2D eigenvalue weighted by atomic mass is 10.0. The van der Waals surface area contributed by atoms with E-state index in [1.54, 1.807) is 7.11 Å². The second-order valence-corrected chi connectivity index (χ2v) is 4.56. The molecule has 0 amide bonds. The molecule has 3 N–H and O–H groups in total. The maximum Gasteiger partial charge on any atom is 0.320 e. The molecule has 1 fully saturated rings. The van der Waals surface area contributed by atoms with E-state index in [-0.39, 0.29) is 5.92 Å². The summed E-state index contributed by atoms with van der Waals surface area (Å²) in [7, 11) is 1.63. The molecular formula is C13H18N2O3. The summed E-state index contributed by atoms with van der Waals surface area (Å²) < 4.78 is 5.18. The van der Waals surface area contributed by atoms with Crippen LogP contribution in [-0.4, -0.2) is 37.3 Å². The Morgan fingerprint density at radius 1 is 1.61 bits per heavy atom. The van der Waals surface area contributed by atoms with Gasteiger partial charge in [0.05, 0.1) is 7.11 Å². The maximum atomic E-state index is 10.9. The van der Waals surface area contributed by atoms with E-state index in [2.05, 4.69) is 4.90 Å². The van der Waals surface area contributed by atoms with Crippen LogP contribution in [0, 0.1) is 5.92 Å². The Balaban J connectivity index is 2.06. The van der Waals surface area contributed by atoms with Crippen molar-refractivity contribution < 1.29 is 14.6 Å². The van der Waals surface area contributed by atoms with E-state index in [0.717, 1.165) is 24.4 Å². The van der Waals surface area contributed by atoms with Crippen LogP contribution in [0.15, 0.2) is 24.3 Å². The zero-order chi connectivity index (χ0) is 13.1. The summed E-state index contributed by atoms with van der Waals surface area (Å²) >= 11 is 0. The number of carboxylic acids is 1. The van der Waals surface area contributed by atoms with E-state index in [9.17, 15) is 4.79 Å². The lowest BCUT2D eigenvalue weighted by Gasteiger charge is -2.20. The number of methoxy groups -OCH3 is 1. The first-order chi connectivity index (χ1) is 8.61. The van der Waals surface area contributed by atoms with E-state index in [1.165, 1.54) is 0 Å². The van der Waals surface area contributed by atoms with E-state index in [4.69, 9.17) is 15.6 Å². The summed E-state index contributed by atoms with van der Waals surface area (Å²) in [5.41, 5.74) is 6.72. The molecule has 2 unspecified atom stereocenters. The average Bonchev–Trinajstić information content (AvgIpc) is 2.87. The molecule has 2 atom stereocenters. The van der Waals surface area contributed by atoms with E-state index in [1.807, 2.05) is 24.3 Å². The van der Waals surface area contributed by atoms with Crippen molar-refractivity contribution in [1.82, 2.24) is 0 Å². The SMILES string of the molecule is COc1cccc(N2CCC(C(N)C(=O)O)C2)c1. The molecule has 0 aliphatic carbocycles. The van der Waals surface area contributed by atoms with Gasteiger partial charge in [-0.05, 0) is 18.6 Å². The van der Waals surface area contributed by atoms with Gasteiger partial charge in [0.25, 0.3) is 0 Å². The highest BCUT2D eigenvalue weighted by atomic mass is 16.5. The van der Waals surface area contributed by atoms with Crippen molar-refractivity contribution in [2.45, 2.75) is 12.5 Å². The van der Waals surface area contributed by atoms with Crippen LogP contribution in [0.1, 0.15) is 6.42 Å². The smallest absolute Gasteiger partial charge is 0.320 e. The minimum Gasteiger partial charge on any atom is -0.497 e. The van der Waals surface area contributed by atoms with Crippen LogP contribution in [0.2, 0.25) is 0 Å². The van der Waals surface area contributed by atoms with Gasteiger partial charge in [-0.2, -0.15) is 0 Å². The summed E-state index contributed by atoms with van der Waals surface area (Å²) in [4.78, 5) is 13.0. The fourth-order valence-corrected chi connectivity index (χ4v) is 2.32. The second-order valence-electron chi connectivity index (χ2n) is 4.56. The zero-order valence-corrected chi connectivity index (χ0v) is 10.4. The largest absolute Gasteiger partial charge is 0.497 e. The molecular weight excluding hydrogens is 232 g/mol. The zero-order valence-electron chi connectivity index (χ0n) is 10.4. The standard InChI is InChI=1S/C13H18N2O3/c1-18-11-4-2-3-10(7-11)15-6-5-9(8-15)12(14)13(16)17/h2-4,7,9,12H,5-6,8,14H2,1H3,(H,16,17). The summed E-state index contributed by atoms with van der Waals surface area (Å²) in [6.07, 6.45) is 0.810. The quantitative estimate of drug-likeness (QED) is 0.831. The Bertz CT molecular complexity index is 436. The van der Waals surface area contributed by atoms with Gasteiger partial charge < -0.3 is 20.5 Å². The minimum atomic E-state index is -0.924. The first-order valence-corrected chi connectivity index (χ1v) is 5.99. The third kappa shape index (κ3) is 2.56. The highest BCUT2D eigenvalue weighted by molar-refractivity contribution is 5.73. The lowest BCUT2D eigenvalue weighted by Crippen LogP contribution is -2.39. The number of hydrogen-bond acceptors (Lipinski definition) is 4. The number of anilines is 1. The molecule has 0 aromatic heterocycles. The van der Waals surface area contributed by atoms with Crippen molar-refractivity contribution in [3.8, 4) is 5.75 Å². The van der Waals surface area contributed by atoms with Gasteiger partial charge in [-0.3, -0.25) is 4.79 Å². The summed E-state index contributed by atoms with van der Waals surface area (Å²) in [5.74, 6) is -0.111. The Morgan fingerprint density at radius 2 is 2.39 bits per heavy atom. The van der Waals surface area contributed by atoms with Gasteiger partial charge in [0.2, 0.25) is 0 Å². The second kappa shape index (κ2) is 5.27. The summed E-state index contributed by atoms with van der Waals surface area (Å²) in [6, 6.07) is 6.99. The van der Waals surface area contributed by atoms with Crippen LogP contribution in [0.3, 0.4) is 0 Å². The van der Waals surface area contributed by atoms with Crippen molar-refractivity contribution in [2.75, 3.05) is 25.1 Å². The number of ether oxygens (including phenoxy) is 1. The molecule has 1 aliphatic heterocycles. The average molecular weight is 250 g/mol. The molecule has 5 nitrogen and oxygen atoms in total. The Morgan fingerprint density at radius 3 is 3.06 bits per heavy atom. The number of nitrogens with two attached hydrogens (primary N) is 1. The number of hydrogen-bond donors (Lipinski definition) is 2. The molecule has 5 heteroatoms. The number of benzene rings is 1. The highest BCUT2D eigenvalue weighted by Gasteiger charge is 2.31. The van der Waals surface area contributed by atoms with Gasteiger partial charge in [-0.15, -0.1) is 0 Å². The van der Waals surface area contributed by atoms with Gasteiger partial charge >= 0.3 is 5.97 Å². The van der Waals surface area contributed by atoms with Gasteiger partial charge in [0.1, 0.15) is 11.8 Å². The highest BCUT2D eigenvalue weighted by Crippen LogP contribution is 2.27. The number of nitrogens with zero attached hydrogens (tertiary/aromatic N) is 1. The number of carbonyl (C=O) groups is 1. The van der Waals surface area contributed by atoms with E-state index >= 15 is 0 Å². The van der Waals surface area contributed by atoms with Gasteiger partial charge in [0, 0.05) is 30.8 Å². The van der Waals surface area contributed by atoms with E-state index in [0.29, 0.717) is 6.54 Å². The molecule has 2 rings (SSSR count). The lowest BCUT2D eigenvalue weighted by molar-refractivity contribution is -0.139. The van der Waals surface area contributed by atoms with Crippen LogP contribution < -0.4 is 15.4 Å². The predicted octanol–water partition coefficient (Wildman–Crippen LogP) is 0.933. The van der Waals surface area contributed by atoms with Crippen LogP contribution in [0.4, 0.5) is 5.69 Å². The van der Waals surface area contributed by atoms with Crippen LogP contribution >= 0.6 is 0 Å². The minimum absolute atomic E-state index is 0.00806. The van der Waals surface area contributed by atoms with Crippen molar-refractivity contribution in [3.05, 3.63) is 24.3 Å². The Hall–Kier alpha value is -1.75. The monoisotopic (exact) mass is 250 g/mol. The normalized spacial score (nSPS) is 20.8. The molecule has 98 valence electrons. The molecule has 0 radical (unpaired) electrons. The molecule has 0 saturated carbocycles. The third-order valence-electron chi connectivity index (χ3n) is 3.44. The van der Waals surface area contributed by atoms with Gasteiger partial charge in [0.15, 0.2) is 0 Å². The molecule has 1 aromatic rings. The summed E-state index contributed by atoms with van der Waals surface area (Å²) in [5, 5.41) is 8.92. The fraction of sp³-hybridized carbons (Fsp3) is 0.462. The van der Waals surface area contributed by atoms with Crippen molar-refractivity contribution >= 4 is 11.7 Å². The van der Waals surface area contributed by atoms with Crippen LogP contribution in [0.5, 0.6) is 5.75 Å². The van der Waals surface area contributed by atoms with Crippen molar-refractivity contribution in [2.24, 2.45) is 11.7 Å². The fourth-order valence-electron chi connectivity index (χ4n) is 2.32. The van der Waals surface area contributed by atoms with Crippen molar-refractivity contribution in [3.63, 3.8) is 0 Å². The van der Waals surface area contributed by atoms with E-state index < -0.39 is 12.0 Å². The predicted molar refractivity (Wildman–Crippen MR) is 68.9 cm³/mol. The summed E-state index contributed by atoms with van der Waals surface area (Å²) in [6.45, 7) is 1.51. The van der Waals surface area contributed by atoms with Crippen LogP contribution in [0.25, 0.3) is 0 Å². The number of carboxylic acid groups (broad SMARTS) is 1. The first-order valence-electron chi connectivity index (χ1n) is 5.99. The van der Waals surface area contributed by atoms with Gasteiger partial charge in [-0.1, -0.05) is 6.07 Å². The van der Waals surface area contributed by atoms with Crippen LogP contribution in [-0.2, 0) is 4.79 Å². The number of aliphatic carboxylic acids is 1. The number of rotatable bonds is 4. The Kier molecular flexibility index (Phi) is 3.72. The molecule has 18 heavy (non-hydrogen) atoms. The molecule has 1 aliphatic rings. The Labute approximate surface area is 106 Å². The van der Waals surface area contributed by atoms with Gasteiger partial charge in [-0.25, -0.2) is 0 Å². The molecule has 1 aromatic carbocycles. The molecule has 1 saturated heterocycles.